The number of rotatable bonds is 4. The summed E-state index contributed by atoms with van der Waals surface area (Å²) in [7, 11) is 0. The van der Waals surface area contributed by atoms with Gasteiger partial charge in [-0.15, -0.1) is 0 Å². The number of hydrogen-bond acceptors (Lipinski definition) is 6. The molecule has 0 spiro atoms. The topological polar surface area (TPSA) is 88.3 Å². The minimum Gasteiger partial charge on any atom is -0.335 e. The summed E-state index contributed by atoms with van der Waals surface area (Å²) in [6, 6.07) is 0.777. The summed E-state index contributed by atoms with van der Waals surface area (Å²) in [5.74, 6) is 0.909. The lowest BCUT2D eigenvalue weighted by molar-refractivity contribution is -0.141. The molecule has 0 aromatic carbocycles. The highest BCUT2D eigenvalue weighted by molar-refractivity contribution is 6.02. The fourth-order valence-electron chi connectivity index (χ4n) is 3.18. The molecule has 0 radical (unpaired) electrons. The number of carbonyl (C=O) groups is 2. The van der Waals surface area contributed by atoms with E-state index in [1.165, 1.54) is 4.90 Å². The van der Waals surface area contributed by atoms with E-state index in [-0.39, 0.29) is 29.8 Å². The van der Waals surface area contributed by atoms with Crippen LogP contribution < -0.4 is 5.32 Å². The molecule has 3 rings (SSSR count). The molecule has 1 aliphatic carbocycles. The zero-order valence-corrected chi connectivity index (χ0v) is 13.0. The quantitative estimate of drug-likeness (QED) is 0.857. The van der Waals surface area contributed by atoms with Gasteiger partial charge in [-0.1, -0.05) is 19.0 Å². The van der Waals surface area contributed by atoms with Crippen LogP contribution in [-0.2, 0) is 9.59 Å². The van der Waals surface area contributed by atoms with Crippen molar-refractivity contribution in [2.45, 2.75) is 70.4 Å². The van der Waals surface area contributed by atoms with Gasteiger partial charge in [-0.05, 0) is 25.7 Å². The van der Waals surface area contributed by atoms with Crippen LogP contribution in [0.2, 0.25) is 0 Å². The third-order valence-electron chi connectivity index (χ3n) is 4.44. The van der Waals surface area contributed by atoms with Crippen molar-refractivity contribution in [3.63, 3.8) is 0 Å². The number of nitrogens with zero attached hydrogens (tertiary/aromatic N) is 3. The van der Waals surface area contributed by atoms with Crippen LogP contribution in [0.3, 0.4) is 0 Å². The van der Waals surface area contributed by atoms with Crippen LogP contribution >= 0.6 is 0 Å². The third kappa shape index (κ3) is 2.98. The minimum atomic E-state index is -0.0140. The van der Waals surface area contributed by atoms with Crippen molar-refractivity contribution in [2.75, 3.05) is 5.32 Å². The molecule has 1 aliphatic heterocycles. The van der Waals surface area contributed by atoms with Crippen molar-refractivity contribution >= 4 is 17.8 Å². The number of carbonyl (C=O) groups excluding carboxylic acids is 2. The Morgan fingerprint density at radius 1 is 1.14 bits per heavy atom. The third-order valence-corrected chi connectivity index (χ3v) is 4.44. The molecular formula is C15H22N4O3. The van der Waals surface area contributed by atoms with Crippen molar-refractivity contribution in [1.29, 1.82) is 0 Å². The molecule has 22 heavy (non-hydrogen) atoms. The maximum absolute atomic E-state index is 11.8. The maximum atomic E-state index is 11.8. The normalized spacial score (nSPS) is 26.0. The molecule has 1 aromatic rings. The first-order valence-corrected chi connectivity index (χ1v) is 7.99. The fraction of sp³-hybridized carbons (Fsp3) is 0.733. The molecule has 120 valence electrons. The second kappa shape index (κ2) is 6.06. The van der Waals surface area contributed by atoms with E-state index in [1.54, 1.807) is 0 Å². The summed E-state index contributed by atoms with van der Waals surface area (Å²) in [4.78, 5) is 29.4. The number of anilines is 1. The van der Waals surface area contributed by atoms with Gasteiger partial charge in [0.25, 0.3) is 0 Å². The van der Waals surface area contributed by atoms with Crippen LogP contribution in [-0.4, -0.2) is 38.9 Å². The summed E-state index contributed by atoms with van der Waals surface area (Å²) in [5.41, 5.74) is 0. The second-order valence-electron chi connectivity index (χ2n) is 6.42. The van der Waals surface area contributed by atoms with Gasteiger partial charge in [0, 0.05) is 30.8 Å². The first kappa shape index (κ1) is 15.0. The average molecular weight is 306 g/mol. The smallest absolute Gasteiger partial charge is 0.321 e. The summed E-state index contributed by atoms with van der Waals surface area (Å²) in [5, 5.41) is 7.19. The largest absolute Gasteiger partial charge is 0.335 e. The summed E-state index contributed by atoms with van der Waals surface area (Å²) in [6.45, 7) is 4.04. The second-order valence-corrected chi connectivity index (χ2v) is 6.42. The minimum absolute atomic E-state index is 0.0140. The molecule has 7 nitrogen and oxygen atoms in total. The van der Waals surface area contributed by atoms with Gasteiger partial charge in [0.1, 0.15) is 0 Å². The molecule has 2 aliphatic rings. The van der Waals surface area contributed by atoms with Gasteiger partial charge in [0.15, 0.2) is 5.82 Å². The van der Waals surface area contributed by atoms with E-state index in [2.05, 4.69) is 15.5 Å². The zero-order chi connectivity index (χ0) is 15.7. The van der Waals surface area contributed by atoms with Crippen LogP contribution in [0.4, 0.5) is 6.01 Å². The molecule has 1 saturated carbocycles. The first-order chi connectivity index (χ1) is 10.5. The Hall–Kier alpha value is -1.92. The van der Waals surface area contributed by atoms with E-state index in [9.17, 15) is 9.59 Å². The molecule has 0 unspecified atom stereocenters. The van der Waals surface area contributed by atoms with E-state index in [4.69, 9.17) is 4.52 Å². The van der Waals surface area contributed by atoms with E-state index < -0.39 is 0 Å². The van der Waals surface area contributed by atoms with E-state index in [0.717, 1.165) is 25.7 Å². The number of imide groups is 1. The monoisotopic (exact) mass is 306 g/mol. The van der Waals surface area contributed by atoms with Crippen molar-refractivity contribution in [3.05, 3.63) is 5.82 Å². The molecule has 2 heterocycles. The first-order valence-electron chi connectivity index (χ1n) is 7.99. The van der Waals surface area contributed by atoms with Crippen molar-refractivity contribution in [2.24, 2.45) is 0 Å². The number of likely N-dealkylation sites (tertiary alicyclic amines) is 1. The van der Waals surface area contributed by atoms with Gasteiger partial charge in [-0.25, -0.2) is 0 Å². The van der Waals surface area contributed by atoms with Crippen molar-refractivity contribution in [1.82, 2.24) is 15.0 Å². The SMILES string of the molecule is CC(C)c1noc(NC2CCC(N3C(=O)CCC3=O)CC2)n1. The Morgan fingerprint density at radius 3 is 2.32 bits per heavy atom. The number of aromatic nitrogens is 2. The van der Waals surface area contributed by atoms with Gasteiger partial charge in [-0.3, -0.25) is 14.5 Å². The highest BCUT2D eigenvalue weighted by Crippen LogP contribution is 2.28. The molecule has 1 saturated heterocycles. The molecule has 0 atom stereocenters. The lowest BCUT2D eigenvalue weighted by Crippen LogP contribution is -2.43. The number of nitrogens with one attached hydrogen (secondary N) is 1. The summed E-state index contributed by atoms with van der Waals surface area (Å²) >= 11 is 0. The van der Waals surface area contributed by atoms with Gasteiger partial charge in [-0.2, -0.15) is 4.98 Å². The molecule has 2 amide bonds. The molecule has 2 fully saturated rings. The Labute approximate surface area is 129 Å². The van der Waals surface area contributed by atoms with E-state index in [0.29, 0.717) is 24.7 Å². The van der Waals surface area contributed by atoms with Gasteiger partial charge in [0.2, 0.25) is 11.8 Å². The van der Waals surface area contributed by atoms with Gasteiger partial charge >= 0.3 is 6.01 Å². The number of amides is 2. The van der Waals surface area contributed by atoms with Crippen LogP contribution in [0.5, 0.6) is 0 Å². The highest BCUT2D eigenvalue weighted by atomic mass is 16.5. The molecule has 1 N–H and O–H groups in total. The van der Waals surface area contributed by atoms with E-state index >= 15 is 0 Å². The average Bonchev–Trinajstić information content (AvgIpc) is 3.08. The Bertz CT molecular complexity index is 545. The number of hydrogen-bond donors (Lipinski definition) is 1. The lowest BCUT2D eigenvalue weighted by atomic mass is 9.90. The summed E-state index contributed by atoms with van der Waals surface area (Å²) < 4.78 is 5.20. The Kier molecular flexibility index (Phi) is 4.13. The Balaban J connectivity index is 1.53. The van der Waals surface area contributed by atoms with Gasteiger partial charge in [0.05, 0.1) is 0 Å². The van der Waals surface area contributed by atoms with Crippen molar-refractivity contribution in [3.8, 4) is 0 Å². The molecule has 1 aromatic heterocycles. The van der Waals surface area contributed by atoms with E-state index in [1.807, 2.05) is 13.8 Å². The Morgan fingerprint density at radius 2 is 1.77 bits per heavy atom. The lowest BCUT2D eigenvalue weighted by Gasteiger charge is -2.33. The molecule has 7 heteroatoms. The standard InChI is InChI=1S/C15H22N4O3/c1-9(2)14-17-15(22-18-14)16-10-3-5-11(6-4-10)19-12(20)7-8-13(19)21/h9-11H,3-8H2,1-2H3,(H,16,17,18). The fourth-order valence-corrected chi connectivity index (χ4v) is 3.18. The van der Waals surface area contributed by atoms with Gasteiger partial charge < -0.3 is 9.84 Å². The highest BCUT2D eigenvalue weighted by Gasteiger charge is 2.37. The van der Waals surface area contributed by atoms with Crippen LogP contribution in [0.25, 0.3) is 0 Å². The summed E-state index contributed by atoms with van der Waals surface area (Å²) in [6.07, 6.45) is 4.19. The van der Waals surface area contributed by atoms with Crippen LogP contribution in [0, 0.1) is 0 Å². The predicted molar refractivity (Wildman–Crippen MR) is 79.1 cm³/mol. The van der Waals surface area contributed by atoms with Crippen LogP contribution in [0.1, 0.15) is 64.1 Å². The maximum Gasteiger partial charge on any atom is 0.321 e. The zero-order valence-electron chi connectivity index (χ0n) is 13.0. The predicted octanol–water partition coefficient (Wildman–Crippen LogP) is 2.07. The van der Waals surface area contributed by atoms with Crippen molar-refractivity contribution < 1.29 is 14.1 Å². The molecular weight excluding hydrogens is 284 g/mol. The molecule has 0 bridgehead atoms. The van der Waals surface area contributed by atoms with Crippen LogP contribution in [0.15, 0.2) is 4.52 Å².